The molecule has 3 heteroatoms. The van der Waals surface area contributed by atoms with E-state index < -0.39 is 0 Å². The second-order valence-corrected chi connectivity index (χ2v) is 13.8. The largest absolute Gasteiger partial charge is 0.374 e. The quantitative estimate of drug-likeness (QED) is 0.488. The lowest BCUT2D eigenvalue weighted by Gasteiger charge is -2.61. The molecule has 2 heterocycles. The minimum atomic E-state index is -0.0276. The van der Waals surface area contributed by atoms with Crippen LogP contribution in [0.1, 0.15) is 91.9 Å². The second kappa shape index (κ2) is 8.07. The number of hydrogen-bond acceptors (Lipinski definition) is 3. The molecule has 6 aliphatic rings. The number of hydrogen-bond donors (Lipinski definition) is 1. The molecule has 3 nitrogen and oxygen atoms in total. The van der Waals surface area contributed by atoms with E-state index in [2.05, 4.69) is 39.6 Å². The van der Waals surface area contributed by atoms with Crippen LogP contribution in [0.4, 0.5) is 0 Å². The van der Waals surface area contributed by atoms with E-state index in [-0.39, 0.29) is 5.72 Å². The zero-order chi connectivity index (χ0) is 23.0. The van der Waals surface area contributed by atoms with Crippen LogP contribution in [0.15, 0.2) is 12.7 Å². The van der Waals surface area contributed by atoms with Gasteiger partial charge in [0.1, 0.15) is 5.72 Å². The normalized spacial score (nSPS) is 57.8. The molecule has 6 rings (SSSR count). The van der Waals surface area contributed by atoms with E-state index in [1.54, 1.807) is 0 Å². The smallest absolute Gasteiger partial charge is 0.122 e. The fraction of sp³-hybridized carbons (Fsp3) is 0.933. The lowest BCUT2D eigenvalue weighted by molar-refractivity contribution is -0.144. The fourth-order valence-corrected chi connectivity index (χ4v) is 10.8. The average molecular weight is 456 g/mol. The van der Waals surface area contributed by atoms with Gasteiger partial charge in [0.25, 0.3) is 0 Å². The van der Waals surface area contributed by atoms with Crippen LogP contribution in [0, 0.1) is 52.3 Å². The van der Waals surface area contributed by atoms with Crippen molar-refractivity contribution in [1.82, 2.24) is 5.32 Å². The first-order valence-corrected chi connectivity index (χ1v) is 14.5. The fourth-order valence-electron chi connectivity index (χ4n) is 10.8. The molecule has 0 bridgehead atoms. The third kappa shape index (κ3) is 3.30. The first kappa shape index (κ1) is 23.0. The van der Waals surface area contributed by atoms with Gasteiger partial charge in [0, 0.05) is 12.5 Å². The van der Waals surface area contributed by atoms with Gasteiger partial charge < -0.3 is 9.47 Å². The van der Waals surface area contributed by atoms with E-state index in [0.717, 1.165) is 48.7 Å². The molecule has 2 saturated heterocycles. The number of piperidine rings is 1. The van der Waals surface area contributed by atoms with E-state index in [1.165, 1.54) is 64.2 Å². The maximum absolute atomic E-state index is 7.06. The molecule has 6 fully saturated rings. The second-order valence-electron chi connectivity index (χ2n) is 13.8. The molecule has 0 aromatic carbocycles. The molecule has 2 aliphatic heterocycles. The summed E-state index contributed by atoms with van der Waals surface area (Å²) < 4.78 is 13.2. The summed E-state index contributed by atoms with van der Waals surface area (Å²) in [6.07, 6.45) is 16.4. The minimum Gasteiger partial charge on any atom is -0.374 e. The van der Waals surface area contributed by atoms with Crippen LogP contribution in [0.5, 0.6) is 0 Å². The zero-order valence-corrected chi connectivity index (χ0v) is 21.8. The van der Waals surface area contributed by atoms with Crippen molar-refractivity contribution >= 4 is 0 Å². The van der Waals surface area contributed by atoms with Gasteiger partial charge >= 0.3 is 0 Å². The van der Waals surface area contributed by atoms with Crippen LogP contribution >= 0.6 is 0 Å². The molecule has 0 aromatic rings. The maximum atomic E-state index is 7.06. The van der Waals surface area contributed by atoms with Crippen molar-refractivity contribution in [3.8, 4) is 0 Å². The van der Waals surface area contributed by atoms with Gasteiger partial charge in [-0.1, -0.05) is 33.8 Å². The maximum Gasteiger partial charge on any atom is 0.122 e. The number of nitrogens with one attached hydrogen (secondary N) is 1. The first-order valence-electron chi connectivity index (χ1n) is 14.5. The standard InChI is InChI=1S/C30H49NO2/c1-6-15-32-22-10-12-28(4)21(16-22)7-8-23-24(28)11-13-29(5)25(23)17-26-27(29)20(3)30(33-26)14-9-19(2)18-31-30/h6,19-27,31H,1,7-18H2,2-5H3/t19-,20-,21?,22-,23?,24?,25?,26?,27?,28-,29-,30-/m0/s1. The SMILES string of the molecule is C=CCO[C@H]1CC[C@@]2(C)C(CCC3C2CC[C@@]2(C)C3CC3O[C@@]4(CC[C@H](C)CN4)[C@@H](C)C32)C1. The van der Waals surface area contributed by atoms with Crippen molar-refractivity contribution in [3.05, 3.63) is 12.7 Å². The van der Waals surface area contributed by atoms with Gasteiger partial charge in [-0.2, -0.15) is 0 Å². The van der Waals surface area contributed by atoms with Crippen molar-refractivity contribution in [2.75, 3.05) is 13.2 Å². The molecule has 1 N–H and O–H groups in total. The Morgan fingerprint density at radius 1 is 0.970 bits per heavy atom. The Morgan fingerprint density at radius 3 is 2.55 bits per heavy atom. The minimum absolute atomic E-state index is 0.0276. The van der Waals surface area contributed by atoms with Crippen molar-refractivity contribution in [2.24, 2.45) is 52.3 Å². The van der Waals surface area contributed by atoms with E-state index in [4.69, 9.17) is 9.47 Å². The Bertz CT molecular complexity index is 758. The molecule has 33 heavy (non-hydrogen) atoms. The molecule has 4 saturated carbocycles. The summed E-state index contributed by atoms with van der Waals surface area (Å²) in [5.74, 6) is 5.77. The number of rotatable bonds is 3. The molecule has 186 valence electrons. The highest BCUT2D eigenvalue weighted by Gasteiger charge is 2.68. The van der Waals surface area contributed by atoms with Crippen LogP contribution in [-0.2, 0) is 9.47 Å². The molecule has 4 aliphatic carbocycles. The van der Waals surface area contributed by atoms with Gasteiger partial charge in [0.2, 0.25) is 0 Å². The predicted octanol–water partition coefficient (Wildman–Crippen LogP) is 6.58. The Balaban J connectivity index is 1.20. The molecular weight excluding hydrogens is 406 g/mol. The first-order chi connectivity index (χ1) is 15.8. The van der Waals surface area contributed by atoms with Crippen molar-refractivity contribution in [2.45, 2.75) is 110 Å². The Morgan fingerprint density at radius 2 is 1.79 bits per heavy atom. The molecule has 12 atom stereocenters. The summed E-state index contributed by atoms with van der Waals surface area (Å²) >= 11 is 0. The van der Waals surface area contributed by atoms with Crippen LogP contribution in [0.3, 0.4) is 0 Å². The highest BCUT2D eigenvalue weighted by atomic mass is 16.5. The Labute approximate surface area is 202 Å². The molecule has 6 unspecified atom stereocenters. The molecular formula is C30H49NO2. The molecule has 0 radical (unpaired) electrons. The van der Waals surface area contributed by atoms with E-state index >= 15 is 0 Å². The highest BCUT2D eigenvalue weighted by Crippen LogP contribution is 2.71. The average Bonchev–Trinajstić information content (AvgIpc) is 3.24. The molecule has 1 spiro atoms. The summed E-state index contributed by atoms with van der Waals surface area (Å²) in [6, 6.07) is 0. The third-order valence-corrected chi connectivity index (χ3v) is 12.5. The van der Waals surface area contributed by atoms with Crippen LogP contribution in [0.25, 0.3) is 0 Å². The van der Waals surface area contributed by atoms with Crippen LogP contribution < -0.4 is 5.32 Å². The van der Waals surface area contributed by atoms with E-state index in [9.17, 15) is 0 Å². The van der Waals surface area contributed by atoms with Gasteiger partial charge in [-0.15, -0.1) is 6.58 Å². The molecule has 0 aromatic heterocycles. The number of ether oxygens (including phenoxy) is 2. The summed E-state index contributed by atoms with van der Waals surface area (Å²) in [6.45, 7) is 16.0. The van der Waals surface area contributed by atoms with E-state index in [1.807, 2.05) is 6.08 Å². The summed E-state index contributed by atoms with van der Waals surface area (Å²) in [4.78, 5) is 0. The van der Waals surface area contributed by atoms with Gasteiger partial charge in [0.05, 0.1) is 18.8 Å². The lowest BCUT2D eigenvalue weighted by atomic mass is 9.44. The highest BCUT2D eigenvalue weighted by molar-refractivity contribution is 5.16. The van der Waals surface area contributed by atoms with Gasteiger partial charge in [-0.25, -0.2) is 0 Å². The van der Waals surface area contributed by atoms with Gasteiger partial charge in [-0.05, 0) is 111 Å². The third-order valence-electron chi connectivity index (χ3n) is 12.5. The summed E-state index contributed by atoms with van der Waals surface area (Å²) in [5.41, 5.74) is 0.984. The molecule has 0 amide bonds. The summed E-state index contributed by atoms with van der Waals surface area (Å²) in [7, 11) is 0. The Kier molecular flexibility index (Phi) is 5.63. The predicted molar refractivity (Wildman–Crippen MR) is 134 cm³/mol. The van der Waals surface area contributed by atoms with Crippen molar-refractivity contribution in [1.29, 1.82) is 0 Å². The van der Waals surface area contributed by atoms with Crippen molar-refractivity contribution < 1.29 is 9.47 Å². The lowest BCUT2D eigenvalue weighted by Crippen LogP contribution is -2.57. The van der Waals surface area contributed by atoms with Gasteiger partial charge in [-0.3, -0.25) is 5.32 Å². The van der Waals surface area contributed by atoms with Gasteiger partial charge in [0.15, 0.2) is 0 Å². The van der Waals surface area contributed by atoms with Crippen molar-refractivity contribution in [3.63, 3.8) is 0 Å². The zero-order valence-electron chi connectivity index (χ0n) is 21.8. The summed E-state index contributed by atoms with van der Waals surface area (Å²) in [5, 5.41) is 3.91. The number of fused-ring (bicyclic) bond motifs is 7. The van der Waals surface area contributed by atoms with Crippen LogP contribution in [0.2, 0.25) is 0 Å². The Hall–Kier alpha value is -0.380. The van der Waals surface area contributed by atoms with Crippen LogP contribution in [-0.4, -0.2) is 31.1 Å². The topological polar surface area (TPSA) is 30.5 Å². The monoisotopic (exact) mass is 455 g/mol. The van der Waals surface area contributed by atoms with E-state index in [0.29, 0.717) is 29.0 Å².